The van der Waals surface area contributed by atoms with Crippen LogP contribution in [0.1, 0.15) is 49.6 Å². The molecule has 1 unspecified atom stereocenters. The lowest BCUT2D eigenvalue weighted by atomic mass is 9.73. The summed E-state index contributed by atoms with van der Waals surface area (Å²) in [6.45, 7) is 9.45. The van der Waals surface area contributed by atoms with E-state index in [0.29, 0.717) is 13.0 Å². The first-order valence-corrected chi connectivity index (χ1v) is 10.3. The number of likely N-dealkylation sites (tertiary alicyclic amines) is 2. The van der Waals surface area contributed by atoms with Crippen LogP contribution in [0.15, 0.2) is 24.8 Å². The van der Waals surface area contributed by atoms with E-state index in [4.69, 9.17) is 0 Å². The number of aromatic nitrogens is 4. The van der Waals surface area contributed by atoms with Gasteiger partial charge < -0.3 is 4.90 Å². The minimum absolute atomic E-state index is 0.199. The Bertz CT molecular complexity index is 817. The van der Waals surface area contributed by atoms with Crippen molar-refractivity contribution in [1.82, 2.24) is 29.5 Å². The molecule has 4 heterocycles. The average molecular weight is 383 g/mol. The van der Waals surface area contributed by atoms with Gasteiger partial charge in [0.15, 0.2) is 0 Å². The lowest BCUT2D eigenvalue weighted by Gasteiger charge is -2.48. The van der Waals surface area contributed by atoms with Crippen molar-refractivity contribution in [1.29, 1.82) is 0 Å². The number of nitrogens with zero attached hydrogens (tertiary/aromatic N) is 6. The number of carbonyl (C=O) groups excluding carboxylic acids is 1. The predicted molar refractivity (Wildman–Crippen MR) is 106 cm³/mol. The van der Waals surface area contributed by atoms with E-state index in [9.17, 15) is 4.79 Å². The summed E-state index contributed by atoms with van der Waals surface area (Å²) in [7, 11) is 0. The molecule has 1 atom stereocenters. The van der Waals surface area contributed by atoms with E-state index in [1.54, 1.807) is 12.4 Å². The number of hydrogen-bond acceptors (Lipinski definition) is 5. The quantitative estimate of drug-likeness (QED) is 0.794. The first-order chi connectivity index (χ1) is 13.5. The maximum absolute atomic E-state index is 12.6. The zero-order chi connectivity index (χ0) is 19.6. The molecule has 0 aliphatic carbocycles. The van der Waals surface area contributed by atoms with E-state index in [1.807, 2.05) is 22.7 Å². The largest absolute Gasteiger partial charge is 0.336 e. The fraction of sp³-hybridized carbons (Fsp3) is 0.619. The van der Waals surface area contributed by atoms with Crippen LogP contribution in [-0.4, -0.2) is 55.1 Å². The highest BCUT2D eigenvalue weighted by molar-refractivity contribution is 5.77. The number of amides is 1. The molecule has 0 saturated carbocycles. The van der Waals surface area contributed by atoms with Crippen LogP contribution in [0, 0.1) is 12.3 Å². The molecule has 4 rings (SSSR count). The summed E-state index contributed by atoms with van der Waals surface area (Å²) in [4.78, 5) is 25.9. The summed E-state index contributed by atoms with van der Waals surface area (Å²) >= 11 is 0. The van der Waals surface area contributed by atoms with Crippen LogP contribution in [0.25, 0.3) is 0 Å². The van der Waals surface area contributed by atoms with Crippen molar-refractivity contribution < 1.29 is 4.79 Å². The number of carbonyl (C=O) groups is 1. The number of piperidine rings is 2. The highest BCUT2D eigenvalue weighted by atomic mass is 16.2. The van der Waals surface area contributed by atoms with Gasteiger partial charge in [-0.05, 0) is 39.7 Å². The van der Waals surface area contributed by atoms with Crippen molar-refractivity contribution in [2.45, 2.75) is 59.2 Å². The zero-order valence-electron chi connectivity index (χ0n) is 17.0. The molecule has 150 valence electrons. The highest BCUT2D eigenvalue weighted by Crippen LogP contribution is 2.39. The first kappa shape index (κ1) is 19.1. The molecule has 2 aliphatic heterocycles. The minimum atomic E-state index is 0.199. The van der Waals surface area contributed by atoms with Gasteiger partial charge in [-0.15, -0.1) is 0 Å². The van der Waals surface area contributed by atoms with E-state index in [-0.39, 0.29) is 11.3 Å². The molecule has 2 fully saturated rings. The predicted octanol–water partition coefficient (Wildman–Crippen LogP) is 2.41. The van der Waals surface area contributed by atoms with E-state index in [0.717, 1.165) is 50.5 Å². The maximum atomic E-state index is 12.6. The molecule has 0 radical (unpaired) electrons. The molecule has 0 N–H and O–H groups in total. The number of rotatable bonds is 5. The van der Waals surface area contributed by atoms with Crippen LogP contribution < -0.4 is 0 Å². The summed E-state index contributed by atoms with van der Waals surface area (Å²) in [5.74, 6) is 0.245. The van der Waals surface area contributed by atoms with Crippen molar-refractivity contribution in [2.24, 2.45) is 5.41 Å². The van der Waals surface area contributed by atoms with Gasteiger partial charge in [-0.2, -0.15) is 5.10 Å². The second-order valence-corrected chi connectivity index (χ2v) is 8.42. The molecular formula is C21H30N6O. The van der Waals surface area contributed by atoms with Gasteiger partial charge in [0.25, 0.3) is 0 Å². The van der Waals surface area contributed by atoms with Gasteiger partial charge in [0, 0.05) is 56.0 Å². The van der Waals surface area contributed by atoms with Crippen LogP contribution in [0.4, 0.5) is 0 Å². The third-order valence-corrected chi connectivity index (χ3v) is 6.09. The SMILES string of the molecule is CCn1cc(CN2CCCC3(CCC(=O)N(Cc4cnc(C)cn4)C3)C2)cn1. The maximum Gasteiger partial charge on any atom is 0.222 e. The molecule has 2 aromatic heterocycles. The molecule has 2 aliphatic rings. The standard InChI is InChI=1S/C21H30N6O/c1-3-27-13-18(10-24-27)12-25-8-4-6-21(15-25)7-5-20(28)26(16-21)14-19-11-22-17(2)9-23-19/h9-11,13H,3-8,12,14-16H2,1-2H3. The van der Waals surface area contributed by atoms with Gasteiger partial charge in [-0.25, -0.2) is 0 Å². The molecule has 0 bridgehead atoms. The molecule has 1 spiro atoms. The fourth-order valence-corrected chi connectivity index (χ4v) is 4.64. The Kier molecular flexibility index (Phi) is 5.44. The third kappa shape index (κ3) is 4.24. The fourth-order valence-electron chi connectivity index (χ4n) is 4.64. The molecule has 2 aromatic rings. The van der Waals surface area contributed by atoms with Crippen molar-refractivity contribution in [3.05, 3.63) is 41.7 Å². The normalized spacial score (nSPS) is 23.5. The van der Waals surface area contributed by atoms with Gasteiger partial charge in [0.2, 0.25) is 5.91 Å². The smallest absolute Gasteiger partial charge is 0.222 e. The highest BCUT2D eigenvalue weighted by Gasteiger charge is 2.41. The first-order valence-electron chi connectivity index (χ1n) is 10.3. The molecular weight excluding hydrogens is 352 g/mol. The van der Waals surface area contributed by atoms with Crippen molar-refractivity contribution in [2.75, 3.05) is 19.6 Å². The van der Waals surface area contributed by atoms with Crippen molar-refractivity contribution in [3.8, 4) is 0 Å². The van der Waals surface area contributed by atoms with Crippen LogP contribution in [0.5, 0.6) is 0 Å². The second-order valence-electron chi connectivity index (χ2n) is 8.42. The summed E-state index contributed by atoms with van der Waals surface area (Å²) < 4.78 is 1.98. The lowest BCUT2D eigenvalue weighted by Crippen LogP contribution is -2.53. The third-order valence-electron chi connectivity index (χ3n) is 6.09. The average Bonchev–Trinajstić information content (AvgIpc) is 3.14. The molecule has 28 heavy (non-hydrogen) atoms. The Balaban J connectivity index is 1.42. The van der Waals surface area contributed by atoms with Gasteiger partial charge in [0.1, 0.15) is 0 Å². The van der Waals surface area contributed by atoms with E-state index < -0.39 is 0 Å². The summed E-state index contributed by atoms with van der Waals surface area (Å²) in [5.41, 5.74) is 3.25. The minimum Gasteiger partial charge on any atom is -0.336 e. The monoisotopic (exact) mass is 382 g/mol. The van der Waals surface area contributed by atoms with Crippen LogP contribution >= 0.6 is 0 Å². The topological polar surface area (TPSA) is 67.2 Å². The second kappa shape index (κ2) is 7.99. The Labute approximate surface area is 166 Å². The van der Waals surface area contributed by atoms with E-state index in [2.05, 4.69) is 33.1 Å². The Hall–Kier alpha value is -2.28. The molecule has 1 amide bonds. The summed E-state index contributed by atoms with van der Waals surface area (Å²) in [6.07, 6.45) is 11.7. The molecule has 2 saturated heterocycles. The summed E-state index contributed by atoms with van der Waals surface area (Å²) in [5, 5.41) is 4.40. The van der Waals surface area contributed by atoms with Gasteiger partial charge in [0.05, 0.1) is 30.3 Å². The number of hydrogen-bond donors (Lipinski definition) is 0. The molecule has 7 nitrogen and oxygen atoms in total. The zero-order valence-corrected chi connectivity index (χ0v) is 17.0. The lowest BCUT2D eigenvalue weighted by molar-refractivity contribution is -0.140. The summed E-state index contributed by atoms with van der Waals surface area (Å²) in [6, 6.07) is 0. The van der Waals surface area contributed by atoms with Crippen molar-refractivity contribution >= 4 is 5.91 Å². The molecule has 7 heteroatoms. The van der Waals surface area contributed by atoms with Crippen LogP contribution in [-0.2, 0) is 24.4 Å². The number of aryl methyl sites for hydroxylation is 2. The van der Waals surface area contributed by atoms with Gasteiger partial charge in [-0.1, -0.05) is 0 Å². The van der Waals surface area contributed by atoms with Crippen LogP contribution in [0.2, 0.25) is 0 Å². The Morgan fingerprint density at radius 3 is 2.75 bits per heavy atom. The van der Waals surface area contributed by atoms with Gasteiger partial charge >= 0.3 is 0 Å². The van der Waals surface area contributed by atoms with Gasteiger partial charge in [-0.3, -0.25) is 24.3 Å². The Morgan fingerprint density at radius 2 is 2.00 bits per heavy atom. The van der Waals surface area contributed by atoms with Crippen LogP contribution in [0.3, 0.4) is 0 Å². The van der Waals surface area contributed by atoms with E-state index >= 15 is 0 Å². The Morgan fingerprint density at radius 1 is 1.11 bits per heavy atom. The van der Waals surface area contributed by atoms with Crippen molar-refractivity contribution in [3.63, 3.8) is 0 Å². The van der Waals surface area contributed by atoms with E-state index in [1.165, 1.54) is 18.4 Å². The molecule has 0 aromatic carbocycles.